The summed E-state index contributed by atoms with van der Waals surface area (Å²) in [6, 6.07) is 11.3. The predicted octanol–water partition coefficient (Wildman–Crippen LogP) is 2.31. The molecule has 0 radical (unpaired) electrons. The first-order valence-corrected chi connectivity index (χ1v) is 7.31. The Kier molecular flexibility index (Phi) is 3.74. The third kappa shape index (κ3) is 2.70. The summed E-state index contributed by atoms with van der Waals surface area (Å²) in [5, 5.41) is 8.15. The number of para-hydroxylation sites is 1. The van der Waals surface area contributed by atoms with E-state index in [2.05, 4.69) is 52.6 Å². The fourth-order valence-corrected chi connectivity index (χ4v) is 2.82. The third-order valence-corrected chi connectivity index (χ3v) is 3.97. The highest BCUT2D eigenvalue weighted by atomic mass is 15.3. The van der Waals surface area contributed by atoms with Crippen molar-refractivity contribution in [2.45, 2.75) is 32.5 Å². The molecule has 1 unspecified atom stereocenters. The molecule has 1 aromatic carbocycles. The number of fused-ring (bicyclic) bond motifs is 1. The topological polar surface area (TPSA) is 33.1 Å². The van der Waals surface area contributed by atoms with Gasteiger partial charge >= 0.3 is 0 Å². The van der Waals surface area contributed by atoms with E-state index in [4.69, 9.17) is 0 Å². The lowest BCUT2D eigenvalue weighted by atomic mass is 10.1. The summed E-state index contributed by atoms with van der Waals surface area (Å²) >= 11 is 0. The van der Waals surface area contributed by atoms with E-state index in [9.17, 15) is 0 Å². The quantitative estimate of drug-likeness (QED) is 0.929. The lowest BCUT2D eigenvalue weighted by Gasteiger charge is -2.26. The van der Waals surface area contributed by atoms with Gasteiger partial charge in [-0.25, -0.2) is 0 Å². The van der Waals surface area contributed by atoms with E-state index in [-0.39, 0.29) is 0 Å². The van der Waals surface area contributed by atoms with Crippen molar-refractivity contribution < 1.29 is 0 Å². The zero-order valence-electron chi connectivity index (χ0n) is 12.2. The molecule has 0 fully saturated rings. The molecule has 0 spiro atoms. The Morgan fingerprint density at radius 2 is 2.15 bits per heavy atom. The third-order valence-electron chi connectivity index (χ3n) is 3.97. The summed E-state index contributed by atoms with van der Waals surface area (Å²) in [5.41, 5.74) is 3.83. The first kappa shape index (κ1) is 13.2. The zero-order chi connectivity index (χ0) is 13.9. The number of nitrogens with zero attached hydrogens (tertiary/aromatic N) is 3. The van der Waals surface area contributed by atoms with E-state index in [1.807, 2.05) is 17.9 Å². The molecule has 2 heterocycles. The summed E-state index contributed by atoms with van der Waals surface area (Å²) in [6.07, 6.45) is 3.15. The van der Waals surface area contributed by atoms with Crippen LogP contribution in [0, 0.1) is 0 Å². The molecular weight excluding hydrogens is 248 g/mol. The molecule has 4 nitrogen and oxygen atoms in total. The second kappa shape index (κ2) is 5.67. The lowest BCUT2D eigenvalue weighted by Crippen LogP contribution is -2.37. The number of nitrogens with one attached hydrogen (secondary N) is 1. The average molecular weight is 270 g/mol. The van der Waals surface area contributed by atoms with E-state index in [0.717, 1.165) is 31.7 Å². The van der Waals surface area contributed by atoms with E-state index in [1.165, 1.54) is 11.3 Å². The van der Waals surface area contributed by atoms with Crippen LogP contribution >= 0.6 is 0 Å². The van der Waals surface area contributed by atoms with E-state index in [0.29, 0.717) is 6.04 Å². The molecule has 3 rings (SSSR count). The van der Waals surface area contributed by atoms with Gasteiger partial charge in [-0.05, 0) is 24.1 Å². The van der Waals surface area contributed by atoms with Crippen molar-refractivity contribution in [2.75, 3.05) is 11.4 Å². The molecule has 1 aromatic heterocycles. The molecule has 0 aliphatic carbocycles. The van der Waals surface area contributed by atoms with Crippen LogP contribution in [-0.4, -0.2) is 22.4 Å². The minimum absolute atomic E-state index is 0.533. The van der Waals surface area contributed by atoms with Gasteiger partial charge in [0.15, 0.2) is 0 Å². The molecule has 0 saturated carbocycles. The number of aryl methyl sites for hydroxylation is 1. The van der Waals surface area contributed by atoms with Gasteiger partial charge in [0.1, 0.15) is 0 Å². The highest BCUT2D eigenvalue weighted by Gasteiger charge is 2.20. The highest BCUT2D eigenvalue weighted by Crippen LogP contribution is 2.25. The molecule has 1 aliphatic heterocycles. The van der Waals surface area contributed by atoms with Crippen molar-refractivity contribution >= 4 is 5.69 Å². The van der Waals surface area contributed by atoms with Crippen LogP contribution in [0.2, 0.25) is 0 Å². The minimum Gasteiger partial charge on any atom is -0.364 e. The van der Waals surface area contributed by atoms with Crippen LogP contribution < -0.4 is 10.2 Å². The minimum atomic E-state index is 0.533. The molecule has 4 heteroatoms. The lowest BCUT2D eigenvalue weighted by molar-refractivity contribution is 0.501. The van der Waals surface area contributed by atoms with Gasteiger partial charge in [-0.3, -0.25) is 4.68 Å². The number of benzene rings is 1. The monoisotopic (exact) mass is 270 g/mol. The van der Waals surface area contributed by atoms with Crippen LogP contribution in [0.1, 0.15) is 24.6 Å². The van der Waals surface area contributed by atoms with Crippen molar-refractivity contribution in [3.8, 4) is 0 Å². The van der Waals surface area contributed by atoms with Gasteiger partial charge < -0.3 is 10.2 Å². The van der Waals surface area contributed by atoms with Gasteiger partial charge in [0, 0.05) is 38.1 Å². The predicted molar refractivity (Wildman–Crippen MR) is 81.6 cm³/mol. The van der Waals surface area contributed by atoms with Gasteiger partial charge in [-0.2, -0.15) is 5.10 Å². The molecule has 2 aromatic rings. The fraction of sp³-hybridized carbons (Fsp3) is 0.438. The van der Waals surface area contributed by atoms with Gasteiger partial charge in [0.05, 0.1) is 12.2 Å². The smallest absolute Gasteiger partial charge is 0.0817 e. The Labute approximate surface area is 120 Å². The molecule has 1 N–H and O–H groups in total. The van der Waals surface area contributed by atoms with Gasteiger partial charge in [0.2, 0.25) is 0 Å². The van der Waals surface area contributed by atoms with Crippen molar-refractivity contribution in [1.29, 1.82) is 0 Å². The van der Waals surface area contributed by atoms with Crippen molar-refractivity contribution in [2.24, 2.45) is 7.05 Å². The maximum Gasteiger partial charge on any atom is 0.0817 e. The molecule has 0 amide bonds. The molecule has 0 bridgehead atoms. The first-order chi connectivity index (χ1) is 9.76. The summed E-state index contributed by atoms with van der Waals surface area (Å²) in [7, 11) is 1.97. The van der Waals surface area contributed by atoms with Gasteiger partial charge in [-0.1, -0.05) is 25.1 Å². The van der Waals surface area contributed by atoms with Crippen LogP contribution in [-0.2, 0) is 20.1 Å². The largest absolute Gasteiger partial charge is 0.364 e. The second-order valence-electron chi connectivity index (χ2n) is 5.48. The van der Waals surface area contributed by atoms with Crippen LogP contribution in [0.25, 0.3) is 0 Å². The second-order valence-corrected chi connectivity index (χ2v) is 5.48. The van der Waals surface area contributed by atoms with Gasteiger partial charge in [0.25, 0.3) is 0 Å². The van der Waals surface area contributed by atoms with Crippen LogP contribution in [0.15, 0.2) is 36.5 Å². The number of anilines is 1. The van der Waals surface area contributed by atoms with E-state index in [1.54, 1.807) is 0 Å². The number of rotatable bonds is 3. The molecule has 106 valence electrons. The molecule has 1 aliphatic rings. The fourth-order valence-electron chi connectivity index (χ4n) is 2.82. The summed E-state index contributed by atoms with van der Waals surface area (Å²) < 4.78 is 1.87. The summed E-state index contributed by atoms with van der Waals surface area (Å²) in [5.74, 6) is 0. The van der Waals surface area contributed by atoms with E-state index >= 15 is 0 Å². The SMILES string of the molecule is CCC1CN(Cc2ccn(C)n2)c2ccccc2CN1. The van der Waals surface area contributed by atoms with E-state index < -0.39 is 0 Å². The number of aromatic nitrogens is 2. The highest BCUT2D eigenvalue weighted by molar-refractivity contribution is 5.54. The summed E-state index contributed by atoms with van der Waals surface area (Å²) in [4.78, 5) is 2.45. The molecule has 20 heavy (non-hydrogen) atoms. The standard InChI is InChI=1S/C16H22N4/c1-3-14-11-20(12-15-8-9-19(2)18-15)16-7-5-4-6-13(16)10-17-14/h4-9,14,17H,3,10-12H2,1-2H3. The number of hydrogen-bond acceptors (Lipinski definition) is 3. The van der Waals surface area contributed by atoms with Gasteiger partial charge in [-0.15, -0.1) is 0 Å². The Hall–Kier alpha value is -1.81. The first-order valence-electron chi connectivity index (χ1n) is 7.31. The number of hydrogen-bond donors (Lipinski definition) is 1. The zero-order valence-corrected chi connectivity index (χ0v) is 12.2. The Bertz CT molecular complexity index is 575. The van der Waals surface area contributed by atoms with Crippen LogP contribution in [0.5, 0.6) is 0 Å². The maximum atomic E-state index is 4.51. The molecule has 1 atom stereocenters. The Balaban J connectivity index is 1.89. The maximum absolute atomic E-state index is 4.51. The average Bonchev–Trinajstić information content (AvgIpc) is 2.79. The van der Waals surface area contributed by atoms with Crippen molar-refractivity contribution in [3.63, 3.8) is 0 Å². The van der Waals surface area contributed by atoms with Crippen LogP contribution in [0.3, 0.4) is 0 Å². The summed E-state index contributed by atoms with van der Waals surface area (Å²) in [6.45, 7) is 5.10. The normalized spacial score (nSPS) is 18.7. The molecular formula is C16H22N4. The molecule has 0 saturated heterocycles. The van der Waals surface area contributed by atoms with Crippen LogP contribution in [0.4, 0.5) is 5.69 Å². The van der Waals surface area contributed by atoms with Crippen molar-refractivity contribution in [3.05, 3.63) is 47.8 Å². The Morgan fingerprint density at radius 1 is 1.30 bits per heavy atom. The Morgan fingerprint density at radius 3 is 2.90 bits per heavy atom. The van der Waals surface area contributed by atoms with Crippen molar-refractivity contribution in [1.82, 2.24) is 15.1 Å².